The summed E-state index contributed by atoms with van der Waals surface area (Å²) in [6.45, 7) is 1.22. The first-order chi connectivity index (χ1) is 12.4. The van der Waals surface area contributed by atoms with Crippen LogP contribution < -0.4 is 0 Å². The van der Waals surface area contributed by atoms with Gasteiger partial charge in [0.15, 0.2) is 5.69 Å². The van der Waals surface area contributed by atoms with Crippen LogP contribution in [-0.4, -0.2) is 31.1 Å². The largest absolute Gasteiger partial charge is 0.476 e. The van der Waals surface area contributed by atoms with Gasteiger partial charge in [-0.1, -0.05) is 17.3 Å². The molecule has 2 heterocycles. The van der Waals surface area contributed by atoms with Crippen molar-refractivity contribution in [2.75, 3.05) is 0 Å². The lowest BCUT2D eigenvalue weighted by molar-refractivity contribution is -0.142. The van der Waals surface area contributed by atoms with Crippen molar-refractivity contribution in [1.82, 2.24) is 20.0 Å². The molecule has 2 aromatic heterocycles. The Morgan fingerprint density at radius 2 is 1.78 bits per heavy atom. The molecule has 0 unspecified atom stereocenters. The van der Waals surface area contributed by atoms with Gasteiger partial charge in [0.2, 0.25) is 0 Å². The van der Waals surface area contributed by atoms with Crippen LogP contribution >= 0.6 is 0 Å². The van der Waals surface area contributed by atoms with E-state index in [1.54, 1.807) is 0 Å². The van der Waals surface area contributed by atoms with Gasteiger partial charge in [0.1, 0.15) is 5.69 Å². The van der Waals surface area contributed by atoms with E-state index >= 15 is 0 Å². The molecule has 0 bridgehead atoms. The first kappa shape index (κ1) is 18.6. The fraction of sp³-hybridized carbons (Fsp3) is 0.200. The maximum Gasteiger partial charge on any atom is 0.433 e. The quantitative estimate of drug-likeness (QED) is 0.672. The van der Waals surface area contributed by atoms with E-state index in [0.29, 0.717) is 12.1 Å². The number of carboxylic acid groups (broad SMARTS) is 1. The Morgan fingerprint density at radius 3 is 2.30 bits per heavy atom. The normalized spacial score (nSPS) is 12.6. The molecule has 0 amide bonds. The molecule has 0 aliphatic rings. The van der Waals surface area contributed by atoms with Gasteiger partial charge in [-0.15, -0.1) is 5.10 Å². The molecule has 12 heteroatoms. The van der Waals surface area contributed by atoms with Crippen molar-refractivity contribution in [2.24, 2.45) is 0 Å². The number of hydrogen-bond donors (Lipinski definition) is 1. The highest BCUT2D eigenvalue weighted by Gasteiger charge is 2.38. The predicted molar refractivity (Wildman–Crippen MR) is 78.4 cm³/mol. The molecule has 3 rings (SSSR count). The molecule has 0 aliphatic carbocycles. The monoisotopic (exact) mass is 390 g/mol. The number of rotatable bonds is 2. The van der Waals surface area contributed by atoms with E-state index in [0.717, 1.165) is 16.8 Å². The first-order valence-corrected chi connectivity index (χ1v) is 7.15. The molecule has 3 aromatic rings. The van der Waals surface area contributed by atoms with E-state index < -0.39 is 46.5 Å². The second-order valence-corrected chi connectivity index (χ2v) is 5.46. The fourth-order valence-corrected chi connectivity index (χ4v) is 2.54. The summed E-state index contributed by atoms with van der Waals surface area (Å²) < 4.78 is 80.0. The molecular weight excluding hydrogens is 382 g/mol. The van der Waals surface area contributed by atoms with Gasteiger partial charge in [-0.3, -0.25) is 0 Å². The second kappa shape index (κ2) is 5.93. The Labute approximate surface area is 146 Å². The van der Waals surface area contributed by atoms with Gasteiger partial charge in [0, 0.05) is 5.39 Å². The summed E-state index contributed by atoms with van der Waals surface area (Å²) in [5, 5.41) is 15.6. The Kier molecular flexibility index (Phi) is 4.08. The van der Waals surface area contributed by atoms with Crippen LogP contribution in [0.1, 0.15) is 27.4 Å². The van der Waals surface area contributed by atoms with Gasteiger partial charge in [-0.25, -0.2) is 14.5 Å². The number of carboxylic acids is 1. The van der Waals surface area contributed by atoms with Gasteiger partial charge >= 0.3 is 18.3 Å². The molecule has 1 N–H and O–H groups in total. The topological polar surface area (TPSA) is 80.9 Å². The molecule has 0 spiro atoms. The Hall–Kier alpha value is -3.18. The van der Waals surface area contributed by atoms with Crippen LogP contribution in [0.5, 0.6) is 0 Å². The van der Waals surface area contributed by atoms with Crippen molar-refractivity contribution >= 4 is 16.9 Å². The van der Waals surface area contributed by atoms with Gasteiger partial charge in [-0.05, 0) is 19.1 Å². The average molecular weight is 390 g/mol. The van der Waals surface area contributed by atoms with Crippen LogP contribution in [0.25, 0.3) is 16.6 Å². The van der Waals surface area contributed by atoms with Gasteiger partial charge < -0.3 is 5.11 Å². The van der Waals surface area contributed by atoms with Gasteiger partial charge in [0.05, 0.1) is 22.5 Å². The van der Waals surface area contributed by atoms with E-state index in [2.05, 4.69) is 15.3 Å². The summed E-state index contributed by atoms with van der Waals surface area (Å²) in [6.07, 6.45) is -9.98. The molecule has 27 heavy (non-hydrogen) atoms. The summed E-state index contributed by atoms with van der Waals surface area (Å²) in [6, 6.07) is 3.24. The van der Waals surface area contributed by atoms with Gasteiger partial charge in [0.25, 0.3) is 0 Å². The average Bonchev–Trinajstić information content (AvgIpc) is 2.93. The van der Waals surface area contributed by atoms with Crippen molar-refractivity contribution in [3.8, 4) is 5.69 Å². The Bertz CT molecular complexity index is 1050. The summed E-state index contributed by atoms with van der Waals surface area (Å²) in [7, 11) is 0. The van der Waals surface area contributed by atoms with Crippen molar-refractivity contribution in [3.05, 3.63) is 46.9 Å². The molecule has 6 nitrogen and oxygen atoms in total. The number of aromatic nitrogens is 4. The lowest BCUT2D eigenvalue weighted by Crippen LogP contribution is -2.14. The molecule has 0 radical (unpaired) electrons. The smallest absolute Gasteiger partial charge is 0.433 e. The minimum atomic E-state index is -5.04. The summed E-state index contributed by atoms with van der Waals surface area (Å²) in [5.74, 6) is -1.48. The zero-order valence-electron chi connectivity index (χ0n) is 13.2. The standard InChI is InChI=1S/C15H8F6N4O2/c1-6-11(13(26)27)23-24-25(6)9-5-10(15(19,20)21)22-12-7(9)3-2-4-8(12)14(16,17)18/h2-5H,1H3,(H,26,27). The lowest BCUT2D eigenvalue weighted by atomic mass is 10.1. The van der Waals surface area contributed by atoms with E-state index in [1.165, 1.54) is 6.92 Å². The Balaban J connectivity index is 2.44. The number of aromatic carboxylic acids is 1. The molecular formula is C15H8F6N4O2. The van der Waals surface area contributed by atoms with Crippen molar-refractivity contribution in [1.29, 1.82) is 0 Å². The lowest BCUT2D eigenvalue weighted by Gasteiger charge is -2.15. The third-order valence-electron chi connectivity index (χ3n) is 3.74. The van der Waals surface area contributed by atoms with Crippen LogP contribution in [0.4, 0.5) is 26.3 Å². The summed E-state index contributed by atoms with van der Waals surface area (Å²) >= 11 is 0. The van der Waals surface area contributed by atoms with Crippen molar-refractivity contribution in [2.45, 2.75) is 19.3 Å². The number of pyridine rings is 1. The SMILES string of the molecule is Cc1c(C(=O)O)nnn1-c1cc(C(F)(F)F)nc2c(C(F)(F)F)cccc12. The number of fused-ring (bicyclic) bond motifs is 1. The number of carbonyl (C=O) groups is 1. The molecule has 0 aliphatic heterocycles. The van der Waals surface area contributed by atoms with Crippen LogP contribution in [0.15, 0.2) is 24.3 Å². The number of nitrogens with zero attached hydrogens (tertiary/aromatic N) is 4. The maximum absolute atomic E-state index is 13.2. The molecule has 1 aromatic carbocycles. The third-order valence-corrected chi connectivity index (χ3v) is 3.74. The Morgan fingerprint density at radius 1 is 1.11 bits per heavy atom. The zero-order chi connectivity index (χ0) is 20.1. The third kappa shape index (κ3) is 3.17. The predicted octanol–water partition coefficient (Wildman–Crippen LogP) is 3.86. The molecule has 0 fully saturated rings. The van der Waals surface area contributed by atoms with Crippen LogP contribution in [-0.2, 0) is 12.4 Å². The summed E-state index contributed by atoms with van der Waals surface area (Å²) in [5.41, 5.74) is -4.98. The van der Waals surface area contributed by atoms with E-state index in [-0.39, 0.29) is 11.1 Å². The van der Waals surface area contributed by atoms with Gasteiger partial charge in [-0.2, -0.15) is 26.3 Å². The molecule has 0 atom stereocenters. The molecule has 0 saturated carbocycles. The highest BCUT2D eigenvalue weighted by Crippen LogP contribution is 2.38. The highest BCUT2D eigenvalue weighted by molar-refractivity contribution is 5.91. The van der Waals surface area contributed by atoms with E-state index in [1.807, 2.05) is 0 Å². The zero-order valence-corrected chi connectivity index (χ0v) is 13.2. The van der Waals surface area contributed by atoms with Crippen LogP contribution in [0.3, 0.4) is 0 Å². The van der Waals surface area contributed by atoms with E-state index in [9.17, 15) is 31.1 Å². The minimum Gasteiger partial charge on any atom is -0.476 e. The van der Waals surface area contributed by atoms with Crippen molar-refractivity contribution < 1.29 is 36.2 Å². The number of halogens is 6. The minimum absolute atomic E-state index is 0.152. The fourth-order valence-electron chi connectivity index (χ4n) is 2.54. The van der Waals surface area contributed by atoms with Crippen molar-refractivity contribution in [3.63, 3.8) is 0 Å². The second-order valence-electron chi connectivity index (χ2n) is 5.46. The van der Waals surface area contributed by atoms with Crippen LogP contribution in [0, 0.1) is 6.92 Å². The van der Waals surface area contributed by atoms with E-state index in [4.69, 9.17) is 5.11 Å². The maximum atomic E-state index is 13.2. The molecule has 142 valence electrons. The number of hydrogen-bond acceptors (Lipinski definition) is 4. The number of alkyl halides is 6. The van der Waals surface area contributed by atoms with Crippen LogP contribution in [0.2, 0.25) is 0 Å². The number of benzene rings is 1. The first-order valence-electron chi connectivity index (χ1n) is 7.15. The highest BCUT2D eigenvalue weighted by atomic mass is 19.4. The number of para-hydroxylation sites is 1. The summed E-state index contributed by atoms with van der Waals surface area (Å²) in [4.78, 5) is 14.2. The molecule has 0 saturated heterocycles.